The fourth-order valence-electron chi connectivity index (χ4n) is 2.31. The van der Waals surface area contributed by atoms with Crippen molar-refractivity contribution in [3.63, 3.8) is 0 Å². The third-order valence-corrected chi connectivity index (χ3v) is 3.53. The summed E-state index contributed by atoms with van der Waals surface area (Å²) in [5, 5.41) is 5.34. The van der Waals surface area contributed by atoms with Crippen LogP contribution in [0.1, 0.15) is 20.7 Å². The first-order valence-corrected chi connectivity index (χ1v) is 7.21. The Morgan fingerprint density at radius 3 is 2.26 bits per heavy atom. The van der Waals surface area contributed by atoms with Crippen LogP contribution in [0.2, 0.25) is 0 Å². The summed E-state index contributed by atoms with van der Waals surface area (Å²) in [5.41, 5.74) is 1.54. The first kappa shape index (κ1) is 14.8. The van der Waals surface area contributed by atoms with Crippen LogP contribution in [0.3, 0.4) is 0 Å². The molecule has 0 saturated carbocycles. The zero-order valence-corrected chi connectivity index (χ0v) is 12.3. The number of nitrogens with one attached hydrogen (secondary N) is 2. The standard InChI is InChI=1S/C17H15N3O3/c21-15(12-4-2-1-3-5-12)19-14-8-6-13(7-9-14)16(22)20-11-10-18-17(20)23/h1-9H,10-11H2,(H,18,23)(H,19,21). The SMILES string of the molecule is O=C(Nc1ccc(C(=O)N2CCNC2=O)cc1)c1ccccc1. The lowest BCUT2D eigenvalue weighted by molar-refractivity contribution is 0.0829. The molecule has 3 rings (SSSR count). The fraction of sp³-hybridized carbons (Fsp3) is 0.118. The molecule has 1 fully saturated rings. The molecule has 1 aliphatic rings. The molecule has 2 aromatic rings. The zero-order valence-electron chi connectivity index (χ0n) is 12.3. The maximum absolute atomic E-state index is 12.2. The van der Waals surface area contributed by atoms with Gasteiger partial charge < -0.3 is 10.6 Å². The van der Waals surface area contributed by atoms with Gasteiger partial charge in [-0.15, -0.1) is 0 Å². The van der Waals surface area contributed by atoms with Crippen molar-refractivity contribution in [2.75, 3.05) is 18.4 Å². The first-order chi connectivity index (χ1) is 11.1. The van der Waals surface area contributed by atoms with E-state index in [1.54, 1.807) is 48.5 Å². The monoisotopic (exact) mass is 309 g/mol. The number of urea groups is 1. The lowest BCUT2D eigenvalue weighted by atomic mass is 10.1. The Morgan fingerprint density at radius 2 is 1.65 bits per heavy atom. The lowest BCUT2D eigenvalue weighted by Crippen LogP contribution is -2.34. The summed E-state index contributed by atoms with van der Waals surface area (Å²) in [4.78, 5) is 36.9. The number of hydrogen-bond acceptors (Lipinski definition) is 3. The molecule has 1 saturated heterocycles. The molecule has 6 nitrogen and oxygen atoms in total. The van der Waals surface area contributed by atoms with Crippen LogP contribution in [0.5, 0.6) is 0 Å². The van der Waals surface area contributed by atoms with Gasteiger partial charge in [0.25, 0.3) is 11.8 Å². The third kappa shape index (κ3) is 3.21. The normalized spacial score (nSPS) is 13.6. The Bertz CT molecular complexity index is 741. The van der Waals surface area contributed by atoms with Crippen molar-refractivity contribution in [1.29, 1.82) is 0 Å². The van der Waals surface area contributed by atoms with Gasteiger partial charge in [-0.05, 0) is 36.4 Å². The van der Waals surface area contributed by atoms with E-state index < -0.39 is 0 Å². The van der Waals surface area contributed by atoms with E-state index in [0.717, 1.165) is 4.90 Å². The summed E-state index contributed by atoms with van der Waals surface area (Å²) < 4.78 is 0. The molecule has 0 aromatic heterocycles. The summed E-state index contributed by atoms with van der Waals surface area (Å²) >= 11 is 0. The van der Waals surface area contributed by atoms with E-state index >= 15 is 0 Å². The van der Waals surface area contributed by atoms with E-state index in [1.807, 2.05) is 6.07 Å². The number of carbonyl (C=O) groups is 3. The third-order valence-electron chi connectivity index (χ3n) is 3.53. The van der Waals surface area contributed by atoms with Crippen molar-refractivity contribution in [3.8, 4) is 0 Å². The summed E-state index contributed by atoms with van der Waals surface area (Å²) in [7, 11) is 0. The van der Waals surface area contributed by atoms with E-state index in [9.17, 15) is 14.4 Å². The van der Waals surface area contributed by atoms with Gasteiger partial charge in [-0.2, -0.15) is 0 Å². The van der Waals surface area contributed by atoms with Crippen LogP contribution in [-0.4, -0.2) is 35.8 Å². The van der Waals surface area contributed by atoms with Crippen molar-refractivity contribution < 1.29 is 14.4 Å². The smallest absolute Gasteiger partial charge is 0.324 e. The molecule has 1 aliphatic heterocycles. The maximum Gasteiger partial charge on any atom is 0.324 e. The Labute approximate surface area is 133 Å². The second-order valence-electron chi connectivity index (χ2n) is 5.09. The Balaban J connectivity index is 1.69. The van der Waals surface area contributed by atoms with Crippen LogP contribution in [-0.2, 0) is 0 Å². The van der Waals surface area contributed by atoms with Crippen molar-refractivity contribution in [1.82, 2.24) is 10.2 Å². The predicted octanol–water partition coefficient (Wildman–Crippen LogP) is 2.10. The molecule has 0 unspecified atom stereocenters. The molecule has 0 radical (unpaired) electrons. The van der Waals surface area contributed by atoms with E-state index in [1.165, 1.54) is 0 Å². The molecular weight excluding hydrogens is 294 g/mol. The van der Waals surface area contributed by atoms with E-state index in [2.05, 4.69) is 10.6 Å². The quantitative estimate of drug-likeness (QED) is 0.911. The average Bonchev–Trinajstić information content (AvgIpc) is 3.02. The molecule has 2 N–H and O–H groups in total. The average molecular weight is 309 g/mol. The van der Waals surface area contributed by atoms with E-state index in [0.29, 0.717) is 29.9 Å². The topological polar surface area (TPSA) is 78.5 Å². The Kier molecular flexibility index (Phi) is 4.05. The highest BCUT2D eigenvalue weighted by Gasteiger charge is 2.26. The largest absolute Gasteiger partial charge is 0.336 e. The van der Waals surface area contributed by atoms with Gasteiger partial charge in [0.1, 0.15) is 0 Å². The molecule has 0 bridgehead atoms. The number of carbonyl (C=O) groups excluding carboxylic acids is 3. The van der Waals surface area contributed by atoms with Crippen LogP contribution in [0, 0.1) is 0 Å². The number of rotatable bonds is 3. The van der Waals surface area contributed by atoms with Gasteiger partial charge in [0.05, 0.1) is 0 Å². The van der Waals surface area contributed by atoms with E-state index in [4.69, 9.17) is 0 Å². The van der Waals surface area contributed by atoms with Crippen LogP contribution >= 0.6 is 0 Å². The maximum atomic E-state index is 12.2. The van der Waals surface area contributed by atoms with Gasteiger partial charge in [0.2, 0.25) is 0 Å². The summed E-state index contributed by atoms with van der Waals surface area (Å²) in [6, 6.07) is 14.9. The molecule has 0 spiro atoms. The van der Waals surface area contributed by atoms with Crippen molar-refractivity contribution in [2.24, 2.45) is 0 Å². The lowest BCUT2D eigenvalue weighted by Gasteiger charge is -2.12. The molecule has 23 heavy (non-hydrogen) atoms. The predicted molar refractivity (Wildman–Crippen MR) is 85.3 cm³/mol. The van der Waals surface area contributed by atoms with Gasteiger partial charge in [-0.1, -0.05) is 18.2 Å². The minimum Gasteiger partial charge on any atom is -0.336 e. The molecule has 6 heteroatoms. The molecule has 0 aliphatic carbocycles. The van der Waals surface area contributed by atoms with Gasteiger partial charge in [0.15, 0.2) is 0 Å². The number of anilines is 1. The second-order valence-corrected chi connectivity index (χ2v) is 5.09. The molecule has 4 amide bonds. The molecule has 1 heterocycles. The van der Waals surface area contributed by atoms with Gasteiger partial charge in [-0.3, -0.25) is 14.5 Å². The summed E-state index contributed by atoms with van der Waals surface area (Å²) in [5.74, 6) is -0.565. The number of amides is 4. The Hall–Kier alpha value is -3.15. The fourth-order valence-corrected chi connectivity index (χ4v) is 2.31. The van der Waals surface area contributed by atoms with Gasteiger partial charge >= 0.3 is 6.03 Å². The minimum absolute atomic E-state index is 0.219. The number of hydrogen-bond donors (Lipinski definition) is 2. The van der Waals surface area contributed by atoms with Crippen LogP contribution in [0.4, 0.5) is 10.5 Å². The highest BCUT2D eigenvalue weighted by Crippen LogP contribution is 2.14. The molecule has 0 atom stereocenters. The van der Waals surface area contributed by atoms with Crippen LogP contribution in [0.25, 0.3) is 0 Å². The first-order valence-electron chi connectivity index (χ1n) is 7.21. The van der Waals surface area contributed by atoms with Gasteiger partial charge in [0, 0.05) is 29.9 Å². The Morgan fingerprint density at radius 1 is 0.957 bits per heavy atom. The van der Waals surface area contributed by atoms with Gasteiger partial charge in [-0.25, -0.2) is 4.79 Å². The zero-order chi connectivity index (χ0) is 16.2. The van der Waals surface area contributed by atoms with Crippen molar-refractivity contribution in [2.45, 2.75) is 0 Å². The van der Waals surface area contributed by atoms with Crippen LogP contribution in [0.15, 0.2) is 54.6 Å². The summed E-state index contributed by atoms with van der Waals surface area (Å²) in [6.45, 7) is 0.833. The van der Waals surface area contributed by atoms with Crippen LogP contribution < -0.4 is 10.6 Å². The van der Waals surface area contributed by atoms with Crippen molar-refractivity contribution in [3.05, 3.63) is 65.7 Å². The molecule has 116 valence electrons. The molecule has 2 aromatic carbocycles. The highest BCUT2D eigenvalue weighted by atomic mass is 16.2. The van der Waals surface area contributed by atoms with Crippen molar-refractivity contribution >= 4 is 23.5 Å². The molecular formula is C17H15N3O3. The second kappa shape index (κ2) is 6.31. The number of nitrogens with zero attached hydrogens (tertiary/aromatic N) is 1. The van der Waals surface area contributed by atoms with E-state index in [-0.39, 0.29) is 17.8 Å². The number of imide groups is 1. The summed E-state index contributed by atoms with van der Waals surface area (Å²) in [6.07, 6.45) is 0. The minimum atomic E-state index is -0.378. The number of benzene rings is 2. The highest BCUT2D eigenvalue weighted by molar-refractivity contribution is 6.06.